The number of ether oxygens (including phenoxy) is 2. The highest BCUT2D eigenvalue weighted by atomic mass is 16.5. The van der Waals surface area contributed by atoms with Gasteiger partial charge in [0.05, 0.1) is 43.1 Å². The number of hydrogen-bond acceptors (Lipinski definition) is 10. The lowest BCUT2D eigenvalue weighted by Crippen LogP contribution is -2.52. The summed E-state index contributed by atoms with van der Waals surface area (Å²) < 4.78 is 15.3. The van der Waals surface area contributed by atoms with Crippen molar-refractivity contribution < 1.29 is 33.4 Å². The van der Waals surface area contributed by atoms with Gasteiger partial charge in [0.25, 0.3) is 5.91 Å². The van der Waals surface area contributed by atoms with Crippen LogP contribution in [0.1, 0.15) is 74.5 Å². The number of unbranched alkanes of at least 4 members (excludes halogenated alkanes) is 1. The van der Waals surface area contributed by atoms with Crippen LogP contribution in [0.5, 0.6) is 5.75 Å². The Morgan fingerprint density at radius 3 is 2.52 bits per heavy atom. The second-order valence-corrected chi connectivity index (χ2v) is 16.8. The molecule has 5 aromatic rings. The maximum absolute atomic E-state index is 13.2. The van der Waals surface area contributed by atoms with Crippen LogP contribution in [0.4, 0.5) is 22.0 Å². The van der Waals surface area contributed by atoms with E-state index in [1.165, 1.54) is 4.90 Å². The van der Waals surface area contributed by atoms with Crippen LogP contribution in [-0.4, -0.2) is 104 Å². The molecule has 17 nitrogen and oxygen atoms in total. The van der Waals surface area contributed by atoms with Gasteiger partial charge in [-0.25, -0.2) is 14.5 Å². The highest BCUT2D eigenvalue weighted by Crippen LogP contribution is 2.33. The number of imide groups is 1. The van der Waals surface area contributed by atoms with Gasteiger partial charge in [-0.2, -0.15) is 5.10 Å². The molecule has 2 aromatic heterocycles. The lowest BCUT2D eigenvalue weighted by Gasteiger charge is -2.29. The van der Waals surface area contributed by atoms with E-state index in [1.54, 1.807) is 24.5 Å². The number of urea groups is 1. The number of imidazole rings is 1. The van der Waals surface area contributed by atoms with E-state index in [0.29, 0.717) is 60.1 Å². The zero-order valence-corrected chi connectivity index (χ0v) is 35.2. The Morgan fingerprint density at radius 2 is 1.74 bits per heavy atom. The number of benzene rings is 3. The maximum atomic E-state index is 13.2. The van der Waals surface area contributed by atoms with Crippen molar-refractivity contribution in [2.75, 3.05) is 55.4 Å². The van der Waals surface area contributed by atoms with Crippen LogP contribution in [-0.2, 0) is 37.6 Å². The molecule has 17 heteroatoms. The van der Waals surface area contributed by atoms with E-state index in [0.717, 1.165) is 55.3 Å². The van der Waals surface area contributed by atoms with Gasteiger partial charge in [0.15, 0.2) is 0 Å². The van der Waals surface area contributed by atoms with E-state index in [1.807, 2.05) is 57.8 Å². The first-order valence-corrected chi connectivity index (χ1v) is 21.1. The van der Waals surface area contributed by atoms with Gasteiger partial charge < -0.3 is 25.0 Å². The van der Waals surface area contributed by atoms with Gasteiger partial charge in [-0.15, -0.1) is 0 Å². The summed E-state index contributed by atoms with van der Waals surface area (Å²) in [4.78, 5) is 71.7. The largest absolute Gasteiger partial charge is 0.494 e. The van der Waals surface area contributed by atoms with E-state index < -0.39 is 11.9 Å². The Hall–Kier alpha value is -6.59. The van der Waals surface area contributed by atoms with Gasteiger partial charge >= 0.3 is 6.03 Å². The Balaban J connectivity index is 0.797. The molecule has 2 saturated heterocycles. The Morgan fingerprint density at radius 1 is 0.935 bits per heavy atom. The van der Waals surface area contributed by atoms with Gasteiger partial charge in [-0.05, 0) is 67.8 Å². The number of nitrogens with zero attached hydrogens (tertiary/aromatic N) is 6. The molecule has 0 saturated carbocycles. The molecule has 3 aliphatic rings. The molecule has 3 aliphatic heterocycles. The van der Waals surface area contributed by atoms with E-state index in [2.05, 4.69) is 51.9 Å². The lowest BCUT2D eigenvalue weighted by molar-refractivity contribution is -0.137. The van der Waals surface area contributed by atoms with Crippen molar-refractivity contribution in [1.29, 1.82) is 0 Å². The first kappa shape index (κ1) is 42.1. The summed E-state index contributed by atoms with van der Waals surface area (Å²) in [7, 11) is 0. The summed E-state index contributed by atoms with van der Waals surface area (Å²) in [5.41, 5.74) is 5.54. The minimum absolute atomic E-state index is 0.173. The summed E-state index contributed by atoms with van der Waals surface area (Å²) in [6, 6.07) is 19.3. The molecule has 8 rings (SSSR count). The zero-order chi connectivity index (χ0) is 43.4. The molecule has 0 spiro atoms. The first-order chi connectivity index (χ1) is 29.9. The monoisotopic (exact) mass is 844 g/mol. The number of carbonyl (C=O) groups excluding carboxylic acids is 5. The van der Waals surface area contributed by atoms with E-state index in [9.17, 15) is 24.0 Å². The number of fused-ring (bicyclic) bond motifs is 2. The number of piperidine rings is 1. The van der Waals surface area contributed by atoms with Crippen molar-refractivity contribution >= 4 is 57.9 Å². The van der Waals surface area contributed by atoms with Crippen LogP contribution in [0, 0.1) is 0 Å². The Labute approximate surface area is 359 Å². The van der Waals surface area contributed by atoms with Crippen molar-refractivity contribution in [3.8, 4) is 11.4 Å². The molecule has 0 bridgehead atoms. The predicted molar refractivity (Wildman–Crippen MR) is 232 cm³/mol. The number of amides is 6. The van der Waals surface area contributed by atoms with Crippen LogP contribution in [0.3, 0.4) is 0 Å². The normalized spacial score (nSPS) is 16.9. The number of rotatable bonds is 14. The van der Waals surface area contributed by atoms with Crippen molar-refractivity contribution in [3.63, 3.8) is 0 Å². The summed E-state index contributed by atoms with van der Waals surface area (Å²) >= 11 is 0. The summed E-state index contributed by atoms with van der Waals surface area (Å²) in [5, 5.41) is 16.0. The second-order valence-electron chi connectivity index (χ2n) is 16.8. The molecule has 0 radical (unpaired) electrons. The van der Waals surface area contributed by atoms with Crippen LogP contribution in [0.25, 0.3) is 16.7 Å². The van der Waals surface area contributed by atoms with Gasteiger partial charge in [0.1, 0.15) is 23.9 Å². The number of carbonyl (C=O) groups is 5. The zero-order valence-electron chi connectivity index (χ0n) is 35.2. The first-order valence-electron chi connectivity index (χ1n) is 21.1. The molecule has 1 unspecified atom stereocenters. The van der Waals surface area contributed by atoms with Crippen molar-refractivity contribution in [3.05, 3.63) is 89.9 Å². The number of anilines is 3. The third-order valence-corrected chi connectivity index (χ3v) is 11.4. The third-order valence-electron chi connectivity index (χ3n) is 11.4. The lowest BCUT2D eigenvalue weighted by atomic mass is 9.92. The fraction of sp³-hybridized carbons (Fsp3) is 0.400. The predicted octanol–water partition coefficient (Wildman–Crippen LogP) is 5.44. The Kier molecular flexibility index (Phi) is 12.3. The average molecular weight is 845 g/mol. The smallest absolute Gasteiger partial charge is 0.324 e. The molecule has 1 atom stereocenters. The molecular formula is C45H52N10O7. The minimum Gasteiger partial charge on any atom is -0.494 e. The molecule has 62 heavy (non-hydrogen) atoms. The molecule has 6 amide bonds. The summed E-state index contributed by atoms with van der Waals surface area (Å²) in [6.45, 7) is 11.6. The van der Waals surface area contributed by atoms with E-state index >= 15 is 0 Å². The molecule has 3 aromatic carbocycles. The summed E-state index contributed by atoms with van der Waals surface area (Å²) in [6.07, 6.45) is 3.69. The van der Waals surface area contributed by atoms with Gasteiger partial charge in [-0.3, -0.25) is 39.3 Å². The van der Waals surface area contributed by atoms with Crippen LogP contribution in [0.2, 0.25) is 0 Å². The third kappa shape index (κ3) is 9.63. The molecule has 324 valence electrons. The van der Waals surface area contributed by atoms with Crippen molar-refractivity contribution in [2.24, 2.45) is 0 Å². The molecule has 5 heterocycles. The minimum atomic E-state index is -0.723. The average Bonchev–Trinajstić information content (AvgIpc) is 3.96. The topological polar surface area (TPSA) is 194 Å². The maximum Gasteiger partial charge on any atom is 0.324 e. The molecule has 0 aliphatic carbocycles. The quantitative estimate of drug-likeness (QED) is 0.0826. The van der Waals surface area contributed by atoms with Gasteiger partial charge in [-0.1, -0.05) is 26.8 Å². The second kappa shape index (κ2) is 18.2. The molecule has 4 N–H and O–H groups in total. The highest BCUT2D eigenvalue weighted by molar-refractivity contribution is 6.07. The van der Waals surface area contributed by atoms with Gasteiger partial charge in [0, 0.05) is 84.8 Å². The number of nitrogens with one attached hydrogen (secondary N) is 4. The Bertz CT molecular complexity index is 2480. The van der Waals surface area contributed by atoms with Crippen molar-refractivity contribution in [2.45, 2.75) is 77.4 Å². The fourth-order valence-corrected chi connectivity index (χ4v) is 7.88. The SMILES string of the molecule is CC(C)(C)c1cc(NC(=O)Nc2ccc(-n3cnc4cc(OCCCCC(=O)Nc5cccc6c5CN(C5CCC(=O)NC5=O)C6=O)ccc43)cc2)n(CCN2CCOCC2)n1. The molecule has 2 fully saturated rings. The van der Waals surface area contributed by atoms with E-state index in [4.69, 9.17) is 14.6 Å². The van der Waals surface area contributed by atoms with E-state index in [-0.39, 0.29) is 55.0 Å². The van der Waals surface area contributed by atoms with Crippen LogP contribution >= 0.6 is 0 Å². The fourth-order valence-electron chi connectivity index (χ4n) is 7.88. The van der Waals surface area contributed by atoms with Crippen LogP contribution < -0.4 is 26.0 Å². The summed E-state index contributed by atoms with van der Waals surface area (Å²) in [5.74, 6) is 0.0210. The number of aromatic nitrogens is 4. The number of morpholine rings is 1. The number of hydrogen-bond donors (Lipinski definition) is 4. The standard InChI is InChI=1S/C45H52N10O7/c1-45(2,3)38-26-39(55(51-38)19-18-52-20-23-61-24-21-52)49-44(60)47-29-10-12-30(13-11-29)54-28-46-35-25-31(14-15-36(35)54)62-22-5-4-9-40(56)48-34-8-6-7-32-33(34)27-53(43(32)59)37-16-17-41(57)50-42(37)58/h6-8,10-15,25-26,28,37H,4-5,9,16-24,27H2,1-3H3,(H,48,56)(H2,47,49,60)(H,50,57,58). The van der Waals surface area contributed by atoms with Crippen molar-refractivity contribution in [1.82, 2.24) is 34.4 Å². The highest BCUT2D eigenvalue weighted by Gasteiger charge is 2.40. The molecular weight excluding hydrogens is 793 g/mol. The van der Waals surface area contributed by atoms with Crippen LogP contribution in [0.15, 0.2) is 73.1 Å². The van der Waals surface area contributed by atoms with Gasteiger partial charge in [0.2, 0.25) is 17.7 Å².